The van der Waals surface area contributed by atoms with Crippen LogP contribution in [-0.2, 0) is 24.1 Å². The molecule has 24 heavy (non-hydrogen) atoms. The van der Waals surface area contributed by atoms with Gasteiger partial charge in [0.15, 0.2) is 5.82 Å². The number of aromatic nitrogens is 3. The Morgan fingerprint density at radius 1 is 1.42 bits per heavy atom. The number of rotatable bonds is 6. The molecule has 1 saturated heterocycles. The fraction of sp³-hybridized carbons (Fsp3) is 0.556. The van der Waals surface area contributed by atoms with Gasteiger partial charge in [-0.3, -0.25) is 9.78 Å². The molecule has 128 valence electrons. The largest absolute Gasteiger partial charge is 0.342 e. The Morgan fingerprint density at radius 3 is 3.08 bits per heavy atom. The van der Waals surface area contributed by atoms with Crippen molar-refractivity contribution < 1.29 is 9.32 Å². The van der Waals surface area contributed by atoms with Crippen LogP contribution in [0.25, 0.3) is 0 Å². The Hall–Kier alpha value is -2.24. The zero-order chi connectivity index (χ0) is 16.8. The molecule has 0 radical (unpaired) electrons. The van der Waals surface area contributed by atoms with E-state index in [-0.39, 0.29) is 5.91 Å². The van der Waals surface area contributed by atoms with Crippen LogP contribution in [0.3, 0.4) is 0 Å². The summed E-state index contributed by atoms with van der Waals surface area (Å²) in [5.41, 5.74) is 1.11. The molecule has 3 rings (SSSR count). The topological polar surface area (TPSA) is 72.1 Å². The minimum atomic E-state index is 0.178. The fourth-order valence-electron chi connectivity index (χ4n) is 3.18. The molecule has 0 bridgehead atoms. The zero-order valence-electron chi connectivity index (χ0n) is 14.1. The first-order valence-corrected chi connectivity index (χ1v) is 8.73. The monoisotopic (exact) mass is 328 g/mol. The third kappa shape index (κ3) is 4.40. The van der Waals surface area contributed by atoms with Crippen molar-refractivity contribution in [2.24, 2.45) is 5.92 Å². The summed E-state index contributed by atoms with van der Waals surface area (Å²) < 4.78 is 5.15. The Bertz CT molecular complexity index is 656. The normalized spacial score (nSPS) is 17.9. The van der Waals surface area contributed by atoms with Gasteiger partial charge in [-0.15, -0.1) is 0 Å². The summed E-state index contributed by atoms with van der Waals surface area (Å²) in [6.45, 7) is 3.65. The number of hydrogen-bond donors (Lipinski definition) is 0. The van der Waals surface area contributed by atoms with Crippen molar-refractivity contribution in [3.63, 3.8) is 0 Å². The van der Waals surface area contributed by atoms with Crippen molar-refractivity contribution in [1.82, 2.24) is 20.0 Å². The standard InChI is InChI=1S/C18H24N4O2/c1-2-16-20-17(24-21-16)8-9-18(23)22-11-5-6-14(13-22)12-15-7-3-4-10-19-15/h3-4,7,10,14H,2,5-6,8-9,11-13H2,1H3/t14-/m1/s1. The smallest absolute Gasteiger partial charge is 0.227 e. The summed E-state index contributed by atoms with van der Waals surface area (Å²) in [5.74, 6) is 1.93. The third-order valence-electron chi connectivity index (χ3n) is 4.47. The average Bonchev–Trinajstić information content (AvgIpc) is 3.09. The highest BCUT2D eigenvalue weighted by Crippen LogP contribution is 2.21. The summed E-state index contributed by atoms with van der Waals surface area (Å²) in [5, 5.41) is 3.87. The lowest BCUT2D eigenvalue weighted by Gasteiger charge is -2.32. The fourth-order valence-corrected chi connectivity index (χ4v) is 3.18. The van der Waals surface area contributed by atoms with Crippen molar-refractivity contribution in [1.29, 1.82) is 0 Å². The van der Waals surface area contributed by atoms with Crippen LogP contribution in [0.4, 0.5) is 0 Å². The molecule has 1 fully saturated rings. The maximum atomic E-state index is 12.5. The molecule has 0 spiro atoms. The van der Waals surface area contributed by atoms with Crippen LogP contribution in [0, 0.1) is 5.92 Å². The third-order valence-corrected chi connectivity index (χ3v) is 4.47. The number of carbonyl (C=O) groups excluding carboxylic acids is 1. The average molecular weight is 328 g/mol. The predicted molar refractivity (Wildman–Crippen MR) is 89.2 cm³/mol. The van der Waals surface area contributed by atoms with Gasteiger partial charge >= 0.3 is 0 Å². The first-order valence-electron chi connectivity index (χ1n) is 8.73. The van der Waals surface area contributed by atoms with Gasteiger partial charge in [0.2, 0.25) is 11.8 Å². The molecule has 6 nitrogen and oxygen atoms in total. The van der Waals surface area contributed by atoms with E-state index in [4.69, 9.17) is 4.52 Å². The molecule has 3 heterocycles. The zero-order valence-corrected chi connectivity index (χ0v) is 14.1. The summed E-state index contributed by atoms with van der Waals surface area (Å²) in [6.07, 6.45) is 6.69. The van der Waals surface area contributed by atoms with Crippen LogP contribution in [0.1, 0.15) is 43.6 Å². The second-order valence-electron chi connectivity index (χ2n) is 6.33. The lowest BCUT2D eigenvalue weighted by atomic mass is 9.93. The van der Waals surface area contributed by atoms with E-state index in [9.17, 15) is 4.79 Å². The lowest BCUT2D eigenvalue weighted by molar-refractivity contribution is -0.133. The molecular formula is C18H24N4O2. The number of likely N-dealkylation sites (tertiary alicyclic amines) is 1. The molecule has 2 aromatic rings. The molecule has 0 aliphatic carbocycles. The number of piperidine rings is 1. The number of hydrogen-bond acceptors (Lipinski definition) is 5. The van der Waals surface area contributed by atoms with E-state index in [1.807, 2.05) is 30.2 Å². The van der Waals surface area contributed by atoms with Crippen LogP contribution in [0.15, 0.2) is 28.9 Å². The van der Waals surface area contributed by atoms with Gasteiger partial charge in [-0.1, -0.05) is 18.1 Å². The molecule has 1 aliphatic heterocycles. The number of amides is 1. The van der Waals surface area contributed by atoms with Crippen LogP contribution in [0.2, 0.25) is 0 Å². The molecule has 0 N–H and O–H groups in total. The Morgan fingerprint density at radius 2 is 2.33 bits per heavy atom. The number of aryl methyl sites for hydroxylation is 2. The molecule has 0 saturated carbocycles. The van der Waals surface area contributed by atoms with Gasteiger partial charge in [0.1, 0.15) is 0 Å². The van der Waals surface area contributed by atoms with Crippen LogP contribution >= 0.6 is 0 Å². The first kappa shape index (κ1) is 16.6. The molecule has 0 unspecified atom stereocenters. The maximum Gasteiger partial charge on any atom is 0.227 e. The van der Waals surface area contributed by atoms with Gasteiger partial charge in [0, 0.05) is 44.2 Å². The highest BCUT2D eigenvalue weighted by Gasteiger charge is 2.24. The predicted octanol–water partition coefficient (Wildman–Crippen LogP) is 2.44. The summed E-state index contributed by atoms with van der Waals surface area (Å²) >= 11 is 0. The van der Waals surface area contributed by atoms with E-state index < -0.39 is 0 Å². The van der Waals surface area contributed by atoms with Crippen molar-refractivity contribution in [2.75, 3.05) is 13.1 Å². The summed E-state index contributed by atoms with van der Waals surface area (Å²) in [7, 11) is 0. The second kappa shape index (κ2) is 8.04. The molecule has 6 heteroatoms. The number of carbonyl (C=O) groups is 1. The molecule has 1 amide bonds. The Labute approximate surface area is 142 Å². The van der Waals surface area contributed by atoms with E-state index >= 15 is 0 Å². The van der Waals surface area contributed by atoms with Crippen LogP contribution < -0.4 is 0 Å². The highest BCUT2D eigenvalue weighted by atomic mass is 16.5. The molecule has 1 aliphatic rings. The summed E-state index contributed by atoms with van der Waals surface area (Å²) in [6, 6.07) is 6.01. The molecule has 2 aromatic heterocycles. The Kier molecular flexibility index (Phi) is 5.56. The lowest BCUT2D eigenvalue weighted by Crippen LogP contribution is -2.40. The maximum absolute atomic E-state index is 12.5. The van der Waals surface area contributed by atoms with Crippen LogP contribution in [0.5, 0.6) is 0 Å². The van der Waals surface area contributed by atoms with Crippen molar-refractivity contribution >= 4 is 5.91 Å². The van der Waals surface area contributed by atoms with Crippen LogP contribution in [-0.4, -0.2) is 39.0 Å². The SMILES string of the molecule is CCc1noc(CCC(=O)N2CCC[C@H](Cc3ccccn3)C2)n1. The van der Waals surface area contributed by atoms with E-state index in [0.29, 0.717) is 30.5 Å². The van der Waals surface area contributed by atoms with Gasteiger partial charge in [-0.05, 0) is 37.3 Å². The first-order chi connectivity index (χ1) is 11.7. The van der Waals surface area contributed by atoms with Gasteiger partial charge in [-0.2, -0.15) is 4.98 Å². The van der Waals surface area contributed by atoms with Gasteiger partial charge in [0.25, 0.3) is 0 Å². The van der Waals surface area contributed by atoms with E-state index in [1.54, 1.807) is 0 Å². The molecule has 0 aromatic carbocycles. The highest BCUT2D eigenvalue weighted by molar-refractivity contribution is 5.76. The van der Waals surface area contributed by atoms with Gasteiger partial charge < -0.3 is 9.42 Å². The number of pyridine rings is 1. The minimum Gasteiger partial charge on any atom is -0.342 e. The quantitative estimate of drug-likeness (QED) is 0.814. The molecule has 1 atom stereocenters. The van der Waals surface area contributed by atoms with Gasteiger partial charge in [0.05, 0.1) is 0 Å². The van der Waals surface area contributed by atoms with Gasteiger partial charge in [-0.25, -0.2) is 0 Å². The molecular weight excluding hydrogens is 304 g/mol. The Balaban J connectivity index is 1.49. The van der Waals surface area contributed by atoms with Crippen molar-refractivity contribution in [3.8, 4) is 0 Å². The second-order valence-corrected chi connectivity index (χ2v) is 6.33. The van der Waals surface area contributed by atoms with E-state index in [1.165, 1.54) is 0 Å². The van der Waals surface area contributed by atoms with Crippen molar-refractivity contribution in [2.45, 2.75) is 45.4 Å². The number of nitrogens with zero attached hydrogens (tertiary/aromatic N) is 4. The minimum absolute atomic E-state index is 0.178. The van der Waals surface area contributed by atoms with Crippen molar-refractivity contribution in [3.05, 3.63) is 41.8 Å². The van der Waals surface area contributed by atoms with E-state index in [0.717, 1.165) is 44.5 Å². The van der Waals surface area contributed by atoms with E-state index in [2.05, 4.69) is 21.2 Å². The summed E-state index contributed by atoms with van der Waals surface area (Å²) in [4.78, 5) is 23.1.